The molecule has 0 aliphatic heterocycles. The van der Waals surface area contributed by atoms with Gasteiger partial charge in [0.15, 0.2) is 11.0 Å². The van der Waals surface area contributed by atoms with Gasteiger partial charge in [0.1, 0.15) is 5.76 Å². The van der Waals surface area contributed by atoms with Crippen molar-refractivity contribution in [2.75, 3.05) is 5.75 Å². The molecule has 92 valence electrons. The average molecular weight is 251 g/mol. The Morgan fingerprint density at radius 3 is 2.76 bits per heavy atom. The topological polar surface area (TPSA) is 43.9 Å². The van der Waals surface area contributed by atoms with Crippen LogP contribution in [0.2, 0.25) is 0 Å². The van der Waals surface area contributed by atoms with Crippen LogP contribution < -0.4 is 0 Å². The van der Waals surface area contributed by atoms with Crippen LogP contribution in [-0.4, -0.2) is 20.5 Å². The SMILES string of the molecule is Cc1occc1-c1nnc(SCC(C)C)n1C. The van der Waals surface area contributed by atoms with Crippen LogP contribution in [-0.2, 0) is 7.05 Å². The summed E-state index contributed by atoms with van der Waals surface area (Å²) in [6.07, 6.45) is 1.68. The zero-order valence-electron chi connectivity index (χ0n) is 10.6. The number of aryl methyl sites for hydroxylation is 1. The Hall–Kier alpha value is -1.23. The normalized spacial score (nSPS) is 11.4. The van der Waals surface area contributed by atoms with Crippen molar-refractivity contribution in [1.29, 1.82) is 0 Å². The fourth-order valence-electron chi connectivity index (χ4n) is 1.53. The second-order valence-electron chi connectivity index (χ2n) is 4.46. The van der Waals surface area contributed by atoms with Crippen molar-refractivity contribution in [3.8, 4) is 11.4 Å². The van der Waals surface area contributed by atoms with Crippen LogP contribution in [0, 0.1) is 12.8 Å². The van der Waals surface area contributed by atoms with E-state index in [9.17, 15) is 0 Å². The Bertz CT molecular complexity index is 502. The summed E-state index contributed by atoms with van der Waals surface area (Å²) in [6.45, 7) is 6.33. The maximum Gasteiger partial charge on any atom is 0.191 e. The minimum Gasteiger partial charge on any atom is -0.469 e. The number of thioether (sulfide) groups is 1. The highest BCUT2D eigenvalue weighted by Crippen LogP contribution is 2.26. The fraction of sp³-hybridized carbons (Fsp3) is 0.500. The lowest BCUT2D eigenvalue weighted by Gasteiger charge is -2.04. The van der Waals surface area contributed by atoms with E-state index in [-0.39, 0.29) is 0 Å². The van der Waals surface area contributed by atoms with Crippen molar-refractivity contribution >= 4 is 11.8 Å². The molecular formula is C12H17N3OS. The van der Waals surface area contributed by atoms with E-state index in [1.807, 2.05) is 24.6 Å². The van der Waals surface area contributed by atoms with Gasteiger partial charge in [0.25, 0.3) is 0 Å². The van der Waals surface area contributed by atoms with Gasteiger partial charge in [0.2, 0.25) is 0 Å². The highest BCUT2D eigenvalue weighted by molar-refractivity contribution is 7.99. The van der Waals surface area contributed by atoms with E-state index < -0.39 is 0 Å². The molecule has 2 rings (SSSR count). The molecule has 2 aromatic rings. The average Bonchev–Trinajstić information content (AvgIpc) is 2.82. The fourth-order valence-corrected chi connectivity index (χ4v) is 2.39. The van der Waals surface area contributed by atoms with Gasteiger partial charge < -0.3 is 8.98 Å². The summed E-state index contributed by atoms with van der Waals surface area (Å²) >= 11 is 1.74. The molecule has 0 saturated heterocycles. The van der Waals surface area contributed by atoms with E-state index in [1.54, 1.807) is 18.0 Å². The van der Waals surface area contributed by atoms with Crippen molar-refractivity contribution in [3.05, 3.63) is 18.1 Å². The van der Waals surface area contributed by atoms with Crippen LogP contribution in [0.5, 0.6) is 0 Å². The molecule has 0 N–H and O–H groups in total. The van der Waals surface area contributed by atoms with Crippen molar-refractivity contribution in [3.63, 3.8) is 0 Å². The maximum absolute atomic E-state index is 5.29. The van der Waals surface area contributed by atoms with E-state index in [4.69, 9.17) is 4.42 Å². The quantitative estimate of drug-likeness (QED) is 0.783. The number of furan rings is 1. The highest BCUT2D eigenvalue weighted by atomic mass is 32.2. The van der Waals surface area contributed by atoms with Gasteiger partial charge in [-0.3, -0.25) is 0 Å². The predicted octanol–water partition coefficient (Wildman–Crippen LogP) is 3.13. The number of hydrogen-bond acceptors (Lipinski definition) is 4. The van der Waals surface area contributed by atoms with Gasteiger partial charge in [-0.25, -0.2) is 0 Å². The van der Waals surface area contributed by atoms with Crippen molar-refractivity contribution < 1.29 is 4.42 Å². The van der Waals surface area contributed by atoms with Gasteiger partial charge in [-0.15, -0.1) is 10.2 Å². The van der Waals surface area contributed by atoms with Crippen LogP contribution in [0.4, 0.5) is 0 Å². The van der Waals surface area contributed by atoms with Crippen LogP contribution in [0.15, 0.2) is 21.9 Å². The van der Waals surface area contributed by atoms with Crippen LogP contribution in [0.25, 0.3) is 11.4 Å². The third-order valence-electron chi connectivity index (χ3n) is 2.48. The van der Waals surface area contributed by atoms with Crippen LogP contribution >= 0.6 is 11.8 Å². The molecule has 4 nitrogen and oxygen atoms in total. The van der Waals surface area contributed by atoms with Crippen molar-refractivity contribution in [2.24, 2.45) is 13.0 Å². The van der Waals surface area contributed by atoms with E-state index in [1.165, 1.54) is 0 Å². The van der Waals surface area contributed by atoms with Gasteiger partial charge in [-0.1, -0.05) is 25.6 Å². The molecule has 0 fully saturated rings. The molecule has 0 radical (unpaired) electrons. The van der Waals surface area contributed by atoms with Gasteiger partial charge in [-0.2, -0.15) is 0 Å². The van der Waals surface area contributed by atoms with E-state index >= 15 is 0 Å². The van der Waals surface area contributed by atoms with Gasteiger partial charge in [-0.05, 0) is 18.9 Å². The maximum atomic E-state index is 5.29. The van der Waals surface area contributed by atoms with Gasteiger partial charge in [0.05, 0.1) is 11.8 Å². The molecule has 0 amide bonds. The number of nitrogens with zero attached hydrogens (tertiary/aromatic N) is 3. The van der Waals surface area contributed by atoms with E-state index in [0.29, 0.717) is 5.92 Å². The molecule has 0 saturated carbocycles. The molecule has 0 spiro atoms. The molecule has 0 aliphatic rings. The molecule has 17 heavy (non-hydrogen) atoms. The minimum absolute atomic E-state index is 0.649. The molecule has 2 aromatic heterocycles. The zero-order chi connectivity index (χ0) is 12.4. The third kappa shape index (κ3) is 2.54. The molecule has 0 atom stereocenters. The van der Waals surface area contributed by atoms with Gasteiger partial charge in [0, 0.05) is 12.8 Å². The Morgan fingerprint density at radius 1 is 1.41 bits per heavy atom. The smallest absolute Gasteiger partial charge is 0.191 e. The first-order valence-electron chi connectivity index (χ1n) is 5.66. The molecule has 0 aromatic carbocycles. The lowest BCUT2D eigenvalue weighted by Crippen LogP contribution is -1.97. The standard InChI is InChI=1S/C12H17N3OS/c1-8(2)7-17-12-14-13-11(15(12)4)10-5-6-16-9(10)3/h5-6,8H,7H2,1-4H3. The second-order valence-corrected chi connectivity index (χ2v) is 5.45. The Labute approximate surface area is 105 Å². The van der Waals surface area contributed by atoms with Crippen molar-refractivity contribution in [2.45, 2.75) is 25.9 Å². The first-order chi connectivity index (χ1) is 8.09. The molecule has 0 bridgehead atoms. The summed E-state index contributed by atoms with van der Waals surface area (Å²) in [5, 5.41) is 9.40. The number of rotatable bonds is 4. The molecule has 5 heteroatoms. The second kappa shape index (κ2) is 4.96. The van der Waals surface area contributed by atoms with Crippen LogP contribution in [0.3, 0.4) is 0 Å². The van der Waals surface area contributed by atoms with E-state index in [2.05, 4.69) is 24.0 Å². The lowest BCUT2D eigenvalue weighted by molar-refractivity contribution is 0.534. The predicted molar refractivity (Wildman–Crippen MR) is 69.0 cm³/mol. The number of hydrogen-bond donors (Lipinski definition) is 0. The Balaban J connectivity index is 2.24. The summed E-state index contributed by atoms with van der Waals surface area (Å²) in [5.74, 6) is 3.44. The summed E-state index contributed by atoms with van der Waals surface area (Å²) in [4.78, 5) is 0. The zero-order valence-corrected chi connectivity index (χ0v) is 11.4. The Kier molecular flexibility index (Phi) is 3.57. The molecule has 2 heterocycles. The summed E-state index contributed by atoms with van der Waals surface area (Å²) in [6, 6.07) is 1.93. The monoisotopic (exact) mass is 251 g/mol. The lowest BCUT2D eigenvalue weighted by atomic mass is 10.2. The highest BCUT2D eigenvalue weighted by Gasteiger charge is 2.14. The van der Waals surface area contributed by atoms with Crippen LogP contribution in [0.1, 0.15) is 19.6 Å². The summed E-state index contributed by atoms with van der Waals surface area (Å²) in [7, 11) is 1.99. The molecule has 0 unspecified atom stereocenters. The first-order valence-corrected chi connectivity index (χ1v) is 6.64. The van der Waals surface area contributed by atoms with Crippen molar-refractivity contribution in [1.82, 2.24) is 14.8 Å². The Morgan fingerprint density at radius 2 is 2.18 bits per heavy atom. The first kappa shape index (κ1) is 12.2. The van der Waals surface area contributed by atoms with Gasteiger partial charge >= 0.3 is 0 Å². The summed E-state index contributed by atoms with van der Waals surface area (Å²) < 4.78 is 7.31. The third-order valence-corrected chi connectivity index (χ3v) is 3.93. The minimum atomic E-state index is 0.649. The largest absolute Gasteiger partial charge is 0.469 e. The molecule has 0 aliphatic carbocycles. The number of aromatic nitrogens is 3. The summed E-state index contributed by atoms with van der Waals surface area (Å²) in [5.41, 5.74) is 1.01. The molecular weight excluding hydrogens is 234 g/mol. The van der Waals surface area contributed by atoms with E-state index in [0.717, 1.165) is 28.1 Å².